The van der Waals surface area contributed by atoms with Crippen LogP contribution in [0.1, 0.15) is 12.8 Å². The summed E-state index contributed by atoms with van der Waals surface area (Å²) in [5, 5.41) is 3.42. The molecule has 6 heteroatoms. The highest BCUT2D eigenvalue weighted by Crippen LogP contribution is 2.28. The minimum absolute atomic E-state index is 0.117. The van der Waals surface area contributed by atoms with E-state index in [1.165, 1.54) is 0 Å². The molecule has 2 aliphatic heterocycles. The largest absolute Gasteiger partial charge is 0.378 e. The van der Waals surface area contributed by atoms with E-state index in [-0.39, 0.29) is 12.0 Å². The minimum Gasteiger partial charge on any atom is -0.378 e. The monoisotopic (exact) mass is 310 g/mol. The molecule has 5 nitrogen and oxygen atoms in total. The lowest BCUT2D eigenvalue weighted by atomic mass is 10.2. The predicted octanol–water partition coefficient (Wildman–Crippen LogP) is 2.29. The van der Waals surface area contributed by atoms with Gasteiger partial charge in [-0.1, -0.05) is 11.6 Å². The van der Waals surface area contributed by atoms with Gasteiger partial charge in [0.1, 0.15) is 6.10 Å². The molecule has 0 aliphatic carbocycles. The molecule has 21 heavy (non-hydrogen) atoms. The number of carbonyl (C=O) groups is 1. The second-order valence-corrected chi connectivity index (χ2v) is 5.66. The third-order valence-corrected chi connectivity index (χ3v) is 4.14. The number of halogens is 1. The van der Waals surface area contributed by atoms with Crippen LogP contribution in [0.2, 0.25) is 5.02 Å². The second kappa shape index (κ2) is 6.64. The first-order chi connectivity index (χ1) is 10.2. The number of benzene rings is 1. The molecule has 2 heterocycles. The quantitative estimate of drug-likeness (QED) is 0.930. The average Bonchev–Trinajstić information content (AvgIpc) is 3.05. The van der Waals surface area contributed by atoms with Crippen LogP contribution in [0.3, 0.4) is 0 Å². The number of nitrogens with one attached hydrogen (secondary N) is 1. The van der Waals surface area contributed by atoms with Crippen molar-refractivity contribution in [2.45, 2.75) is 18.9 Å². The fourth-order valence-electron chi connectivity index (χ4n) is 2.62. The van der Waals surface area contributed by atoms with E-state index < -0.39 is 0 Å². The Labute approximate surface area is 129 Å². The molecule has 2 fully saturated rings. The second-order valence-electron chi connectivity index (χ2n) is 5.25. The number of hydrogen-bond acceptors (Lipinski definition) is 4. The van der Waals surface area contributed by atoms with E-state index >= 15 is 0 Å². The van der Waals surface area contributed by atoms with Crippen LogP contribution in [0.15, 0.2) is 18.2 Å². The first kappa shape index (κ1) is 14.6. The number of amides is 1. The maximum atomic E-state index is 12.1. The highest BCUT2D eigenvalue weighted by molar-refractivity contribution is 6.33. The minimum atomic E-state index is -0.354. The molecule has 0 bridgehead atoms. The Kier molecular flexibility index (Phi) is 4.63. The van der Waals surface area contributed by atoms with E-state index in [2.05, 4.69) is 10.2 Å². The summed E-state index contributed by atoms with van der Waals surface area (Å²) >= 11 is 6.19. The smallest absolute Gasteiger partial charge is 0.253 e. The SMILES string of the molecule is O=C(Nc1cc(N2CCOCC2)ccc1Cl)C1CCCO1. The Bertz CT molecular complexity index is 512. The van der Waals surface area contributed by atoms with Gasteiger partial charge in [-0.25, -0.2) is 0 Å². The molecule has 1 unspecified atom stereocenters. The van der Waals surface area contributed by atoms with Gasteiger partial charge in [0, 0.05) is 25.4 Å². The normalized spacial score (nSPS) is 22.3. The van der Waals surface area contributed by atoms with Crippen LogP contribution in [-0.2, 0) is 14.3 Å². The number of ether oxygens (including phenoxy) is 2. The zero-order valence-corrected chi connectivity index (χ0v) is 12.6. The number of hydrogen-bond donors (Lipinski definition) is 1. The van der Waals surface area contributed by atoms with E-state index in [0.717, 1.165) is 44.8 Å². The average molecular weight is 311 g/mol. The Morgan fingerprint density at radius 1 is 1.29 bits per heavy atom. The molecule has 0 saturated carbocycles. The van der Waals surface area contributed by atoms with Gasteiger partial charge in [-0.2, -0.15) is 0 Å². The molecular weight excluding hydrogens is 292 g/mol. The van der Waals surface area contributed by atoms with E-state index in [0.29, 0.717) is 17.3 Å². The topological polar surface area (TPSA) is 50.8 Å². The van der Waals surface area contributed by atoms with Crippen molar-refractivity contribution in [2.24, 2.45) is 0 Å². The van der Waals surface area contributed by atoms with E-state index in [1.807, 2.05) is 18.2 Å². The highest BCUT2D eigenvalue weighted by Gasteiger charge is 2.24. The number of anilines is 2. The lowest BCUT2D eigenvalue weighted by molar-refractivity contribution is -0.124. The van der Waals surface area contributed by atoms with Crippen LogP contribution in [0.5, 0.6) is 0 Å². The molecule has 114 valence electrons. The Morgan fingerprint density at radius 2 is 2.10 bits per heavy atom. The summed E-state index contributed by atoms with van der Waals surface area (Å²) in [5.74, 6) is -0.117. The zero-order valence-electron chi connectivity index (χ0n) is 11.8. The van der Waals surface area contributed by atoms with Gasteiger partial charge in [-0.15, -0.1) is 0 Å². The molecule has 0 aromatic heterocycles. The summed E-state index contributed by atoms with van der Waals surface area (Å²) < 4.78 is 10.7. The molecule has 2 aliphatic rings. The highest BCUT2D eigenvalue weighted by atomic mass is 35.5. The van der Waals surface area contributed by atoms with Gasteiger partial charge < -0.3 is 19.7 Å². The predicted molar refractivity (Wildman–Crippen MR) is 82.1 cm³/mol. The third-order valence-electron chi connectivity index (χ3n) is 3.81. The van der Waals surface area contributed by atoms with Crippen LogP contribution in [0.25, 0.3) is 0 Å². The Balaban J connectivity index is 1.72. The summed E-state index contributed by atoms with van der Waals surface area (Å²) in [6.07, 6.45) is 1.35. The van der Waals surface area contributed by atoms with Crippen molar-refractivity contribution >= 4 is 28.9 Å². The summed E-state index contributed by atoms with van der Waals surface area (Å²) in [6.45, 7) is 3.79. The van der Waals surface area contributed by atoms with E-state index in [4.69, 9.17) is 21.1 Å². The molecule has 1 atom stereocenters. The van der Waals surface area contributed by atoms with Crippen LogP contribution in [0, 0.1) is 0 Å². The van der Waals surface area contributed by atoms with Gasteiger partial charge in [-0.3, -0.25) is 4.79 Å². The molecule has 1 amide bonds. The van der Waals surface area contributed by atoms with Gasteiger partial charge in [0.2, 0.25) is 0 Å². The molecular formula is C15H19ClN2O3. The van der Waals surface area contributed by atoms with Crippen molar-refractivity contribution in [1.29, 1.82) is 0 Å². The molecule has 0 spiro atoms. The summed E-state index contributed by atoms with van der Waals surface area (Å²) in [6, 6.07) is 5.70. The summed E-state index contributed by atoms with van der Waals surface area (Å²) in [5.41, 5.74) is 1.69. The lowest BCUT2D eigenvalue weighted by Gasteiger charge is -2.29. The summed E-state index contributed by atoms with van der Waals surface area (Å²) in [7, 11) is 0. The Hall–Kier alpha value is -1.30. The van der Waals surface area contributed by atoms with Gasteiger partial charge in [0.15, 0.2) is 0 Å². The molecule has 1 aromatic carbocycles. The Morgan fingerprint density at radius 3 is 2.81 bits per heavy atom. The van der Waals surface area contributed by atoms with Gasteiger partial charge in [-0.05, 0) is 31.0 Å². The first-order valence-corrected chi connectivity index (χ1v) is 7.66. The number of morpholine rings is 1. The lowest BCUT2D eigenvalue weighted by Crippen LogP contribution is -2.36. The number of carbonyl (C=O) groups excluding carboxylic acids is 1. The van der Waals surface area contributed by atoms with Crippen LogP contribution in [0.4, 0.5) is 11.4 Å². The van der Waals surface area contributed by atoms with Crippen molar-refractivity contribution < 1.29 is 14.3 Å². The van der Waals surface area contributed by atoms with Crippen molar-refractivity contribution in [3.8, 4) is 0 Å². The van der Waals surface area contributed by atoms with Gasteiger partial charge in [0.05, 0.1) is 23.9 Å². The van der Waals surface area contributed by atoms with E-state index in [9.17, 15) is 4.79 Å². The van der Waals surface area contributed by atoms with Gasteiger partial charge >= 0.3 is 0 Å². The fraction of sp³-hybridized carbons (Fsp3) is 0.533. The standard InChI is InChI=1S/C15H19ClN2O3/c16-12-4-3-11(18-5-8-20-9-6-18)10-13(12)17-15(19)14-2-1-7-21-14/h3-4,10,14H,1-2,5-9H2,(H,17,19). The van der Waals surface area contributed by atoms with Crippen LogP contribution in [-0.4, -0.2) is 44.9 Å². The first-order valence-electron chi connectivity index (χ1n) is 7.29. The molecule has 3 rings (SSSR count). The number of rotatable bonds is 3. The molecule has 0 radical (unpaired) electrons. The molecule has 1 aromatic rings. The van der Waals surface area contributed by atoms with Crippen molar-refractivity contribution in [2.75, 3.05) is 43.1 Å². The maximum absolute atomic E-state index is 12.1. The molecule has 1 N–H and O–H groups in total. The third kappa shape index (κ3) is 3.48. The fourth-order valence-corrected chi connectivity index (χ4v) is 2.79. The number of nitrogens with zero attached hydrogens (tertiary/aromatic N) is 1. The van der Waals surface area contributed by atoms with Crippen molar-refractivity contribution in [1.82, 2.24) is 0 Å². The van der Waals surface area contributed by atoms with Crippen LogP contribution < -0.4 is 10.2 Å². The van der Waals surface area contributed by atoms with E-state index in [1.54, 1.807) is 0 Å². The maximum Gasteiger partial charge on any atom is 0.253 e. The summed E-state index contributed by atoms with van der Waals surface area (Å²) in [4.78, 5) is 14.3. The van der Waals surface area contributed by atoms with Crippen molar-refractivity contribution in [3.63, 3.8) is 0 Å². The van der Waals surface area contributed by atoms with Gasteiger partial charge in [0.25, 0.3) is 5.91 Å². The van der Waals surface area contributed by atoms with Crippen molar-refractivity contribution in [3.05, 3.63) is 23.2 Å². The van der Waals surface area contributed by atoms with Crippen LogP contribution >= 0.6 is 11.6 Å². The molecule has 2 saturated heterocycles. The zero-order chi connectivity index (χ0) is 14.7.